The Hall–Kier alpha value is -5.72. The molecule has 1 amide bonds. The third-order valence-electron chi connectivity index (χ3n) is 5.04. The first-order chi connectivity index (χ1) is 17.7. The molecule has 0 aliphatic rings. The van der Waals surface area contributed by atoms with Crippen molar-refractivity contribution in [2.24, 2.45) is 10.2 Å². The van der Waals surface area contributed by atoms with E-state index in [-0.39, 0.29) is 22.7 Å². The lowest BCUT2D eigenvalue weighted by Gasteiger charge is -2.07. The van der Waals surface area contributed by atoms with Crippen LogP contribution in [0.3, 0.4) is 0 Å². The molecule has 37 heavy (non-hydrogen) atoms. The van der Waals surface area contributed by atoms with Gasteiger partial charge in [-0.1, -0.05) is 24.3 Å². The van der Waals surface area contributed by atoms with Crippen LogP contribution >= 0.6 is 0 Å². The Labute approximate surface area is 206 Å². The maximum Gasteiger partial charge on any atom is 0.363 e. The number of amides is 1. The van der Waals surface area contributed by atoms with Crippen LogP contribution < -0.4 is 5.48 Å². The van der Waals surface area contributed by atoms with E-state index in [0.717, 1.165) is 29.0 Å². The number of nitro benzene ring substituents is 2. The number of nitrogens with one attached hydrogen (secondary N) is 1. The zero-order chi connectivity index (χ0) is 26.5. The highest BCUT2D eigenvalue weighted by Crippen LogP contribution is 2.27. The second-order valence-corrected chi connectivity index (χ2v) is 7.51. The highest BCUT2D eigenvalue weighted by atomic mass is 16.7. The minimum atomic E-state index is -1.09. The Morgan fingerprint density at radius 1 is 0.838 bits per heavy atom. The van der Waals surface area contributed by atoms with E-state index in [1.54, 1.807) is 18.2 Å². The number of aromatic hydroxyl groups is 1. The van der Waals surface area contributed by atoms with Gasteiger partial charge in [-0.15, -0.1) is 10.2 Å². The zero-order valence-electron chi connectivity index (χ0n) is 18.6. The number of azo groups is 1. The minimum Gasteiger partial charge on any atom is -0.507 e. The van der Waals surface area contributed by atoms with Gasteiger partial charge in [0.1, 0.15) is 5.75 Å². The molecule has 0 saturated carbocycles. The normalized spacial score (nSPS) is 10.8. The first kappa shape index (κ1) is 24.4. The number of hydrogen-bond donors (Lipinski definition) is 2. The molecule has 13 heteroatoms. The maximum absolute atomic E-state index is 12.4. The molecule has 4 aromatic rings. The molecule has 0 fully saturated rings. The van der Waals surface area contributed by atoms with Gasteiger partial charge in [0.15, 0.2) is 0 Å². The van der Waals surface area contributed by atoms with Crippen molar-refractivity contribution in [3.8, 4) is 5.75 Å². The summed E-state index contributed by atoms with van der Waals surface area (Å²) in [5.74, 6) is -2.06. The lowest BCUT2D eigenvalue weighted by molar-refractivity contribution is -0.394. The fraction of sp³-hybridized carbons (Fsp3) is 0. The number of non-ortho nitro benzene ring substituents is 2. The molecule has 0 heterocycles. The Morgan fingerprint density at radius 3 is 2.03 bits per heavy atom. The minimum absolute atomic E-state index is 0.00552. The van der Waals surface area contributed by atoms with E-state index >= 15 is 0 Å². The molecule has 0 aromatic heterocycles. The molecule has 184 valence electrons. The summed E-state index contributed by atoms with van der Waals surface area (Å²) in [4.78, 5) is 49.7. The first-order valence-electron chi connectivity index (χ1n) is 10.4. The number of carbonyl (C=O) groups is 2. The van der Waals surface area contributed by atoms with E-state index in [4.69, 9.17) is 4.84 Å². The van der Waals surface area contributed by atoms with Crippen LogP contribution in [0.2, 0.25) is 0 Å². The third-order valence-corrected chi connectivity index (χ3v) is 5.04. The molecular weight excluding hydrogens is 486 g/mol. The fourth-order valence-corrected chi connectivity index (χ4v) is 3.24. The van der Waals surface area contributed by atoms with Gasteiger partial charge in [0.2, 0.25) is 0 Å². The molecule has 0 bridgehead atoms. The summed E-state index contributed by atoms with van der Waals surface area (Å²) < 4.78 is 0. The number of nitro groups is 2. The van der Waals surface area contributed by atoms with Gasteiger partial charge in [-0.2, -0.15) is 0 Å². The summed E-state index contributed by atoms with van der Waals surface area (Å²) in [5, 5.41) is 41.1. The number of fused-ring (bicyclic) bond motifs is 1. The Balaban J connectivity index is 1.41. The van der Waals surface area contributed by atoms with Crippen LogP contribution in [0.4, 0.5) is 22.7 Å². The van der Waals surface area contributed by atoms with Crippen LogP contribution in [0.25, 0.3) is 10.8 Å². The second kappa shape index (κ2) is 10.3. The van der Waals surface area contributed by atoms with Crippen molar-refractivity contribution < 1.29 is 29.4 Å². The molecular formula is C24H15N5O8. The van der Waals surface area contributed by atoms with Crippen LogP contribution in [-0.4, -0.2) is 26.8 Å². The molecule has 0 aliphatic carbocycles. The fourth-order valence-electron chi connectivity index (χ4n) is 3.24. The van der Waals surface area contributed by atoms with Gasteiger partial charge < -0.3 is 9.94 Å². The Morgan fingerprint density at radius 2 is 1.43 bits per heavy atom. The molecule has 4 aromatic carbocycles. The third kappa shape index (κ3) is 5.68. The number of hydrogen-bond acceptors (Lipinski definition) is 10. The summed E-state index contributed by atoms with van der Waals surface area (Å²) in [6, 6.07) is 18.4. The number of rotatable bonds is 7. The SMILES string of the molecule is O=C(ONc1ccc(N=NC(=O)c2cc3ccccc3cc2O)cc1)c1cc([N+](=O)[O-])cc([N+](=O)[O-])c1. The number of nitrogens with zero attached hydrogens (tertiary/aromatic N) is 4. The summed E-state index contributed by atoms with van der Waals surface area (Å²) in [6.07, 6.45) is 0. The van der Waals surface area contributed by atoms with E-state index in [9.17, 15) is 34.9 Å². The summed E-state index contributed by atoms with van der Waals surface area (Å²) >= 11 is 0. The van der Waals surface area contributed by atoms with Gasteiger partial charge in [-0.05, 0) is 47.2 Å². The highest BCUT2D eigenvalue weighted by molar-refractivity contribution is 6.01. The molecule has 13 nitrogen and oxygen atoms in total. The molecule has 2 N–H and O–H groups in total. The number of phenolic OH excluding ortho intramolecular Hbond substituents is 1. The molecule has 0 radical (unpaired) electrons. The predicted molar refractivity (Wildman–Crippen MR) is 130 cm³/mol. The second-order valence-electron chi connectivity index (χ2n) is 7.51. The molecule has 0 saturated heterocycles. The van der Waals surface area contributed by atoms with Gasteiger partial charge in [0.25, 0.3) is 17.3 Å². The van der Waals surface area contributed by atoms with Crippen molar-refractivity contribution in [3.05, 3.63) is 110 Å². The topological polar surface area (TPSA) is 187 Å². The maximum atomic E-state index is 12.4. The van der Waals surface area contributed by atoms with Crippen molar-refractivity contribution in [3.63, 3.8) is 0 Å². The van der Waals surface area contributed by atoms with Gasteiger partial charge >= 0.3 is 5.97 Å². The van der Waals surface area contributed by atoms with Crippen LogP contribution in [0.1, 0.15) is 20.7 Å². The number of phenols is 1. The van der Waals surface area contributed by atoms with Crippen LogP contribution in [0.15, 0.2) is 89.1 Å². The number of carbonyl (C=O) groups excluding carboxylic acids is 2. The molecule has 0 unspecified atom stereocenters. The van der Waals surface area contributed by atoms with Crippen molar-refractivity contribution in [1.82, 2.24) is 0 Å². The van der Waals surface area contributed by atoms with Crippen molar-refractivity contribution >= 4 is 45.4 Å². The first-order valence-corrected chi connectivity index (χ1v) is 10.4. The molecule has 0 atom stereocenters. The predicted octanol–water partition coefficient (Wildman–Crippen LogP) is 5.47. The Kier molecular flexibility index (Phi) is 6.77. The zero-order valence-corrected chi connectivity index (χ0v) is 18.6. The largest absolute Gasteiger partial charge is 0.507 e. The molecule has 0 aliphatic heterocycles. The summed E-state index contributed by atoms with van der Waals surface area (Å²) in [7, 11) is 0. The smallest absolute Gasteiger partial charge is 0.363 e. The lowest BCUT2D eigenvalue weighted by Crippen LogP contribution is -2.11. The van der Waals surface area contributed by atoms with Crippen molar-refractivity contribution in [2.75, 3.05) is 5.48 Å². The van der Waals surface area contributed by atoms with E-state index < -0.39 is 38.7 Å². The van der Waals surface area contributed by atoms with Gasteiger partial charge in [0.05, 0.1) is 38.4 Å². The quantitative estimate of drug-likeness (QED) is 0.188. The average molecular weight is 501 g/mol. The summed E-state index contributed by atoms with van der Waals surface area (Å²) in [5.41, 5.74) is 1.19. The number of benzene rings is 4. The van der Waals surface area contributed by atoms with Crippen LogP contribution in [0.5, 0.6) is 5.75 Å². The summed E-state index contributed by atoms with van der Waals surface area (Å²) in [6.45, 7) is 0. The monoisotopic (exact) mass is 501 g/mol. The van der Waals surface area contributed by atoms with Crippen LogP contribution in [-0.2, 0) is 4.84 Å². The average Bonchev–Trinajstić information content (AvgIpc) is 2.90. The standard InChI is InChI=1S/C24H15N5O8/c30-22-12-15-4-2-1-3-14(15)11-21(22)23(31)26-25-17-5-7-18(8-6-17)27-37-24(32)16-9-19(28(33)34)13-20(10-16)29(35)36/h1-13,27,30H. The van der Waals surface area contributed by atoms with Crippen LogP contribution in [0, 0.1) is 20.2 Å². The van der Waals surface area contributed by atoms with E-state index in [2.05, 4.69) is 15.7 Å². The molecule has 4 rings (SSSR count). The van der Waals surface area contributed by atoms with E-state index in [1.165, 1.54) is 36.4 Å². The van der Waals surface area contributed by atoms with Gasteiger partial charge in [-0.25, -0.2) is 10.3 Å². The van der Waals surface area contributed by atoms with Crippen molar-refractivity contribution in [2.45, 2.75) is 0 Å². The van der Waals surface area contributed by atoms with Gasteiger partial charge in [-0.3, -0.25) is 25.0 Å². The van der Waals surface area contributed by atoms with Crippen molar-refractivity contribution in [1.29, 1.82) is 0 Å². The lowest BCUT2D eigenvalue weighted by atomic mass is 10.1. The number of anilines is 1. The highest BCUT2D eigenvalue weighted by Gasteiger charge is 2.21. The molecule has 0 spiro atoms. The van der Waals surface area contributed by atoms with E-state index in [1.807, 2.05) is 6.07 Å². The van der Waals surface area contributed by atoms with E-state index in [0.29, 0.717) is 0 Å². The Bertz CT molecular complexity index is 1550. The van der Waals surface area contributed by atoms with Gasteiger partial charge in [0, 0.05) is 12.1 Å².